The molecule has 2 rings (SSSR count). The Morgan fingerprint density at radius 1 is 0.963 bits per heavy atom. The van der Waals surface area contributed by atoms with Crippen LogP contribution in [0.1, 0.15) is 20.8 Å². The summed E-state index contributed by atoms with van der Waals surface area (Å²) in [4.78, 5) is 10.7. The van der Waals surface area contributed by atoms with E-state index in [4.69, 9.17) is 14.3 Å². The molecular weight excluding hydrogens is 360 g/mol. The van der Waals surface area contributed by atoms with E-state index in [0.717, 1.165) is 0 Å². The third kappa shape index (κ3) is 5.04. The summed E-state index contributed by atoms with van der Waals surface area (Å²) in [5.41, 5.74) is 0. The fraction of sp³-hybridized carbons (Fsp3) is 0.381. The minimum atomic E-state index is -2.61. The van der Waals surface area contributed by atoms with Crippen molar-refractivity contribution < 1.29 is 24.2 Å². The second-order valence-corrected chi connectivity index (χ2v) is 11.7. The molecule has 0 saturated heterocycles. The van der Waals surface area contributed by atoms with Crippen LogP contribution in [0.2, 0.25) is 5.04 Å². The van der Waals surface area contributed by atoms with Gasteiger partial charge in [0.25, 0.3) is 8.32 Å². The van der Waals surface area contributed by atoms with E-state index in [0.29, 0.717) is 6.61 Å². The van der Waals surface area contributed by atoms with Gasteiger partial charge in [-0.3, -0.25) is 0 Å². The molecule has 0 amide bonds. The molecule has 5 nitrogen and oxygen atoms in total. The Morgan fingerprint density at radius 2 is 1.44 bits per heavy atom. The molecule has 2 N–H and O–H groups in total. The maximum absolute atomic E-state index is 10.7. The summed E-state index contributed by atoms with van der Waals surface area (Å²) in [5, 5.41) is 20.3. The third-order valence-electron chi connectivity index (χ3n) is 4.52. The molecule has 0 aliphatic carbocycles. The molecule has 0 spiro atoms. The number of carboxylic acid groups (broad SMARTS) is 1. The van der Waals surface area contributed by atoms with Gasteiger partial charge in [0, 0.05) is 0 Å². The number of hydrogen-bond donors (Lipinski definition) is 2. The minimum absolute atomic E-state index is 0.129. The highest BCUT2D eigenvalue weighted by atomic mass is 28.4. The highest BCUT2D eigenvalue weighted by Crippen LogP contribution is 2.36. The van der Waals surface area contributed by atoms with Crippen molar-refractivity contribution in [2.24, 2.45) is 0 Å². The van der Waals surface area contributed by atoms with Crippen LogP contribution in [-0.4, -0.2) is 50.4 Å². The lowest BCUT2D eigenvalue weighted by atomic mass is 10.2. The summed E-state index contributed by atoms with van der Waals surface area (Å²) in [7, 11) is -2.61. The van der Waals surface area contributed by atoms with E-state index in [2.05, 4.69) is 45.0 Å². The van der Waals surface area contributed by atoms with E-state index >= 15 is 0 Å². The minimum Gasteiger partial charge on any atom is -0.479 e. The quantitative estimate of drug-likeness (QED) is 0.508. The number of aliphatic hydroxyl groups is 1. The number of ether oxygens (including phenoxy) is 1. The summed E-state index contributed by atoms with van der Waals surface area (Å²) in [5.74, 6) is -1.29. The summed E-state index contributed by atoms with van der Waals surface area (Å²) >= 11 is 0. The first kappa shape index (κ1) is 21.3. The molecule has 1 unspecified atom stereocenters. The van der Waals surface area contributed by atoms with Gasteiger partial charge in [-0.15, -0.1) is 0 Å². The highest BCUT2D eigenvalue weighted by Gasteiger charge is 2.49. The molecule has 0 fully saturated rings. The highest BCUT2D eigenvalue weighted by molar-refractivity contribution is 6.99. The van der Waals surface area contributed by atoms with Crippen LogP contribution in [0.15, 0.2) is 60.7 Å². The number of carbonyl (C=O) groups is 1. The standard InChI is InChI=1S/C21H28O5Si/c1-21(2,3)27(17-10-6-4-7-11-17,18-12-8-5-9-13-18)26-15-14-25-16-19(22)20(23)24/h4-13,19,22H,14-16H2,1-3H3,(H,23,24). The van der Waals surface area contributed by atoms with Crippen molar-refractivity contribution in [3.05, 3.63) is 60.7 Å². The van der Waals surface area contributed by atoms with Gasteiger partial charge in [0.15, 0.2) is 6.10 Å². The first-order valence-electron chi connectivity index (χ1n) is 9.02. The van der Waals surface area contributed by atoms with E-state index in [1.807, 2.05) is 36.4 Å². The van der Waals surface area contributed by atoms with Gasteiger partial charge >= 0.3 is 5.97 Å². The van der Waals surface area contributed by atoms with Crippen molar-refractivity contribution in [3.63, 3.8) is 0 Å². The van der Waals surface area contributed by atoms with Crippen LogP contribution in [0, 0.1) is 0 Å². The van der Waals surface area contributed by atoms with Gasteiger partial charge in [-0.05, 0) is 15.4 Å². The fourth-order valence-corrected chi connectivity index (χ4v) is 7.83. The van der Waals surface area contributed by atoms with Gasteiger partial charge < -0.3 is 19.4 Å². The van der Waals surface area contributed by atoms with Crippen LogP contribution in [0.25, 0.3) is 0 Å². The molecule has 0 aliphatic heterocycles. The summed E-state index contributed by atoms with van der Waals surface area (Å²) in [6.07, 6.45) is -1.52. The SMILES string of the molecule is CC(C)(C)[Si](OCCOCC(O)C(=O)O)(c1ccccc1)c1ccccc1. The fourth-order valence-electron chi connectivity index (χ4n) is 3.28. The second kappa shape index (κ2) is 9.28. The topological polar surface area (TPSA) is 76.0 Å². The van der Waals surface area contributed by atoms with Crippen LogP contribution in [0.4, 0.5) is 0 Å². The number of rotatable bonds is 9. The van der Waals surface area contributed by atoms with Crippen molar-refractivity contribution in [2.75, 3.05) is 19.8 Å². The van der Waals surface area contributed by atoms with Gasteiger partial charge in [-0.1, -0.05) is 81.4 Å². The van der Waals surface area contributed by atoms with Gasteiger partial charge in [0.2, 0.25) is 0 Å². The third-order valence-corrected chi connectivity index (χ3v) is 9.57. The largest absolute Gasteiger partial charge is 0.479 e. The smallest absolute Gasteiger partial charge is 0.334 e. The van der Waals surface area contributed by atoms with E-state index in [9.17, 15) is 9.90 Å². The predicted molar refractivity (Wildman–Crippen MR) is 108 cm³/mol. The summed E-state index contributed by atoms with van der Waals surface area (Å²) in [6.45, 7) is 6.85. The van der Waals surface area contributed by atoms with Gasteiger partial charge in [0.05, 0.1) is 19.8 Å². The van der Waals surface area contributed by atoms with Crippen LogP contribution in [-0.2, 0) is 14.0 Å². The molecule has 2 aromatic carbocycles. The number of hydrogen-bond acceptors (Lipinski definition) is 4. The van der Waals surface area contributed by atoms with Gasteiger partial charge in [-0.2, -0.15) is 0 Å². The molecular formula is C21H28O5Si. The molecule has 146 valence electrons. The lowest BCUT2D eigenvalue weighted by Crippen LogP contribution is -2.66. The first-order valence-corrected chi connectivity index (χ1v) is 10.9. The predicted octanol–water partition coefficient (Wildman–Crippen LogP) is 2.03. The Bertz CT molecular complexity index is 673. The van der Waals surface area contributed by atoms with E-state index in [1.54, 1.807) is 0 Å². The zero-order valence-corrected chi connectivity index (χ0v) is 17.1. The maximum Gasteiger partial charge on any atom is 0.334 e. The lowest BCUT2D eigenvalue weighted by molar-refractivity contribution is -0.150. The van der Waals surface area contributed by atoms with Crippen LogP contribution in [0.5, 0.6) is 0 Å². The van der Waals surface area contributed by atoms with E-state index in [1.165, 1.54) is 10.4 Å². The Hall–Kier alpha value is -1.99. The van der Waals surface area contributed by atoms with Crippen LogP contribution in [0.3, 0.4) is 0 Å². The van der Waals surface area contributed by atoms with Crippen molar-refractivity contribution in [1.29, 1.82) is 0 Å². The van der Waals surface area contributed by atoms with Crippen LogP contribution >= 0.6 is 0 Å². The number of aliphatic hydroxyl groups excluding tert-OH is 1. The second-order valence-electron chi connectivity index (χ2n) is 7.44. The van der Waals surface area contributed by atoms with Crippen molar-refractivity contribution in [2.45, 2.75) is 31.9 Å². The molecule has 0 aliphatic rings. The first-order chi connectivity index (χ1) is 12.8. The van der Waals surface area contributed by atoms with E-state index < -0.39 is 20.4 Å². The molecule has 0 aromatic heterocycles. The van der Waals surface area contributed by atoms with Crippen LogP contribution < -0.4 is 10.4 Å². The molecule has 1 atom stereocenters. The number of carboxylic acids is 1. The molecule has 0 bridgehead atoms. The zero-order chi connectivity index (χ0) is 19.9. The number of benzene rings is 2. The number of aliphatic carboxylic acids is 1. The zero-order valence-electron chi connectivity index (χ0n) is 16.1. The van der Waals surface area contributed by atoms with Crippen molar-refractivity contribution >= 4 is 24.7 Å². The molecule has 0 saturated carbocycles. The monoisotopic (exact) mass is 388 g/mol. The van der Waals surface area contributed by atoms with Crippen molar-refractivity contribution in [3.8, 4) is 0 Å². The van der Waals surface area contributed by atoms with Gasteiger partial charge in [-0.25, -0.2) is 4.79 Å². The Kier molecular flexibility index (Phi) is 7.32. The Labute approximate surface area is 161 Å². The molecule has 6 heteroatoms. The maximum atomic E-state index is 10.7. The molecule has 0 radical (unpaired) electrons. The molecule has 27 heavy (non-hydrogen) atoms. The Balaban J connectivity index is 2.26. The van der Waals surface area contributed by atoms with E-state index in [-0.39, 0.29) is 18.3 Å². The molecule has 0 heterocycles. The lowest BCUT2D eigenvalue weighted by Gasteiger charge is -2.43. The summed E-state index contributed by atoms with van der Waals surface area (Å²) in [6, 6.07) is 20.5. The average Bonchev–Trinajstić information content (AvgIpc) is 2.65. The van der Waals surface area contributed by atoms with Gasteiger partial charge in [0.1, 0.15) is 0 Å². The average molecular weight is 389 g/mol. The van der Waals surface area contributed by atoms with Crippen molar-refractivity contribution in [1.82, 2.24) is 0 Å². The normalized spacial score (nSPS) is 13.3. The summed E-state index contributed by atoms with van der Waals surface area (Å²) < 4.78 is 11.9. The Morgan fingerprint density at radius 3 is 1.85 bits per heavy atom. The molecule has 2 aromatic rings.